The van der Waals surface area contributed by atoms with Crippen molar-refractivity contribution in [2.75, 3.05) is 0 Å². The molecule has 0 aliphatic carbocycles. The second-order valence-corrected chi connectivity index (χ2v) is 3.62. The molecule has 0 fully saturated rings. The summed E-state index contributed by atoms with van der Waals surface area (Å²) < 4.78 is 0. The summed E-state index contributed by atoms with van der Waals surface area (Å²) in [6.45, 7) is 22.5. The van der Waals surface area contributed by atoms with Gasteiger partial charge in [-0.3, -0.25) is 0 Å². The van der Waals surface area contributed by atoms with Crippen LogP contribution in [0.3, 0.4) is 0 Å². The Balaban J connectivity index is -0.0000000450. The van der Waals surface area contributed by atoms with E-state index in [9.17, 15) is 0 Å². The average molecular weight is 202 g/mol. The van der Waals surface area contributed by atoms with E-state index in [0.29, 0.717) is 0 Å². The zero-order valence-corrected chi connectivity index (χ0v) is 11.1. The van der Waals surface area contributed by atoms with Gasteiger partial charge in [0.2, 0.25) is 0 Å². The van der Waals surface area contributed by atoms with Gasteiger partial charge in [0.1, 0.15) is 0 Å². The van der Waals surface area contributed by atoms with Crippen LogP contribution in [0.5, 0.6) is 0 Å². The first-order chi connectivity index (χ1) is 5.20. The molecule has 1 heteroatoms. The third-order valence-corrected chi connectivity index (χ3v) is 0. The van der Waals surface area contributed by atoms with Crippen molar-refractivity contribution in [1.29, 1.82) is 0 Å². The molecule has 0 aromatic heterocycles. The van der Waals surface area contributed by atoms with E-state index in [0.717, 1.165) is 0 Å². The maximum absolute atomic E-state index is 3.56. The Bertz CT molecular complexity index is 103. The number of hydrogen-bond donors (Lipinski definition) is 0. The lowest BCUT2D eigenvalue weighted by Gasteiger charge is -1.65. The maximum Gasteiger partial charge on any atom is -0.0445 e. The van der Waals surface area contributed by atoms with Gasteiger partial charge in [0.15, 0.2) is 0 Å². The molecule has 0 nitrogen and oxygen atoms in total. The van der Waals surface area contributed by atoms with Gasteiger partial charge >= 0.3 is 0 Å². The molecule has 0 N–H and O–H groups in total. The lowest BCUT2D eigenvalue weighted by atomic mass is 10.4. The minimum absolute atomic E-state index is 0. The Morgan fingerprint density at radius 1 is 0.538 bits per heavy atom. The van der Waals surface area contributed by atoms with Gasteiger partial charge in [-0.1, -0.05) is 16.7 Å². The zero-order chi connectivity index (χ0) is 10.7. The predicted molar refractivity (Wildman–Crippen MR) is 71.8 cm³/mol. The quantitative estimate of drug-likeness (QED) is 0.492. The molecule has 0 saturated heterocycles. The van der Waals surface area contributed by atoms with Crippen LogP contribution in [0.4, 0.5) is 0 Å². The lowest BCUT2D eigenvalue weighted by molar-refractivity contribution is 1.42. The fourth-order valence-corrected chi connectivity index (χ4v) is 0. The molecule has 13 heavy (non-hydrogen) atoms. The molecule has 80 valence electrons. The molecular formula is C12H26S. The van der Waals surface area contributed by atoms with E-state index in [4.69, 9.17) is 0 Å². The number of rotatable bonds is 0. The van der Waals surface area contributed by atoms with E-state index >= 15 is 0 Å². The Morgan fingerprint density at radius 3 is 0.538 bits per heavy atom. The first-order valence-electron chi connectivity index (χ1n) is 4.06. The number of hydrogen-bond acceptors (Lipinski definition) is 0. The second-order valence-electron chi connectivity index (χ2n) is 3.62. The first-order valence-corrected chi connectivity index (χ1v) is 4.06. The summed E-state index contributed by atoms with van der Waals surface area (Å²) in [6, 6.07) is 0. The minimum atomic E-state index is 0. The van der Waals surface area contributed by atoms with Crippen LogP contribution in [0.15, 0.2) is 36.5 Å². The van der Waals surface area contributed by atoms with E-state index in [-0.39, 0.29) is 13.5 Å². The number of allylic oxidation sites excluding steroid dienone is 3. The van der Waals surface area contributed by atoms with Crippen LogP contribution in [0.1, 0.15) is 41.5 Å². The van der Waals surface area contributed by atoms with Gasteiger partial charge in [0.25, 0.3) is 0 Å². The molecule has 0 bridgehead atoms. The maximum atomic E-state index is 3.56. The summed E-state index contributed by atoms with van der Waals surface area (Å²) in [4.78, 5) is 0. The fraction of sp³-hybridized carbons (Fsp3) is 0.500. The molecule has 0 aliphatic heterocycles. The van der Waals surface area contributed by atoms with Crippen LogP contribution in [-0.4, -0.2) is 0 Å². The standard InChI is InChI=1S/3C4H8.H2S/c3*1-4(2)3;/h3*1H2,2-3H3;1H2. The van der Waals surface area contributed by atoms with Gasteiger partial charge < -0.3 is 0 Å². The van der Waals surface area contributed by atoms with Gasteiger partial charge in [-0.2, -0.15) is 13.5 Å². The average Bonchev–Trinajstić information content (AvgIpc) is 1.54. The van der Waals surface area contributed by atoms with Crippen molar-refractivity contribution in [3.8, 4) is 0 Å². The Hall–Kier alpha value is -0.430. The first kappa shape index (κ1) is 22.9. The van der Waals surface area contributed by atoms with E-state index < -0.39 is 0 Å². The van der Waals surface area contributed by atoms with E-state index in [1.807, 2.05) is 41.5 Å². The van der Waals surface area contributed by atoms with Crippen molar-refractivity contribution in [2.45, 2.75) is 41.5 Å². The van der Waals surface area contributed by atoms with Crippen molar-refractivity contribution >= 4 is 13.5 Å². The third-order valence-electron chi connectivity index (χ3n) is 0. The van der Waals surface area contributed by atoms with Crippen LogP contribution in [0.25, 0.3) is 0 Å². The molecule has 0 aromatic carbocycles. The summed E-state index contributed by atoms with van der Waals surface area (Å²) in [5.41, 5.74) is 3.50. The van der Waals surface area contributed by atoms with Crippen LogP contribution in [0.2, 0.25) is 0 Å². The molecule has 0 heterocycles. The highest BCUT2D eigenvalue weighted by Gasteiger charge is 1.52. The highest BCUT2D eigenvalue weighted by atomic mass is 32.1. The lowest BCUT2D eigenvalue weighted by Crippen LogP contribution is -1.43. The monoisotopic (exact) mass is 202 g/mol. The molecule has 0 spiro atoms. The van der Waals surface area contributed by atoms with Crippen molar-refractivity contribution in [2.24, 2.45) is 0 Å². The van der Waals surface area contributed by atoms with Gasteiger partial charge in [0, 0.05) is 0 Å². The summed E-state index contributed by atoms with van der Waals surface area (Å²) in [6.07, 6.45) is 0. The van der Waals surface area contributed by atoms with Gasteiger partial charge in [-0.25, -0.2) is 0 Å². The second kappa shape index (κ2) is 17.6. The van der Waals surface area contributed by atoms with Gasteiger partial charge in [0.05, 0.1) is 0 Å². The fourth-order valence-electron chi connectivity index (χ4n) is 0. The molecule has 0 aromatic rings. The zero-order valence-electron chi connectivity index (χ0n) is 10.1. The topological polar surface area (TPSA) is 0 Å². The molecule has 0 rings (SSSR count). The summed E-state index contributed by atoms with van der Waals surface area (Å²) in [5.74, 6) is 0. The van der Waals surface area contributed by atoms with E-state index in [1.54, 1.807) is 0 Å². The molecule has 0 atom stereocenters. The van der Waals surface area contributed by atoms with Crippen molar-refractivity contribution in [3.05, 3.63) is 36.5 Å². The molecule has 0 unspecified atom stereocenters. The smallest absolute Gasteiger partial charge is 0.0445 e. The van der Waals surface area contributed by atoms with E-state index in [2.05, 4.69) is 19.7 Å². The van der Waals surface area contributed by atoms with Crippen LogP contribution in [-0.2, 0) is 0 Å². The van der Waals surface area contributed by atoms with Crippen molar-refractivity contribution < 1.29 is 0 Å². The van der Waals surface area contributed by atoms with Gasteiger partial charge in [-0.15, -0.1) is 19.7 Å². The molecule has 0 saturated carbocycles. The van der Waals surface area contributed by atoms with Crippen LogP contribution < -0.4 is 0 Å². The molecule has 0 aliphatic rings. The summed E-state index contributed by atoms with van der Waals surface area (Å²) in [7, 11) is 0. The van der Waals surface area contributed by atoms with E-state index in [1.165, 1.54) is 16.7 Å². The Labute approximate surface area is 91.9 Å². The summed E-state index contributed by atoms with van der Waals surface area (Å²) in [5, 5.41) is 0. The molecule has 0 radical (unpaired) electrons. The highest BCUT2D eigenvalue weighted by molar-refractivity contribution is 7.59. The SMILES string of the molecule is C=C(C)C.C=C(C)C.C=C(C)C.S. The largest absolute Gasteiger partial charge is 0.197 e. The predicted octanol–water partition coefficient (Wildman–Crippen LogP) is 4.86. The molecule has 0 amide bonds. The minimum Gasteiger partial charge on any atom is -0.197 e. The van der Waals surface area contributed by atoms with Gasteiger partial charge in [-0.05, 0) is 41.5 Å². The summed E-state index contributed by atoms with van der Waals surface area (Å²) >= 11 is 0. The third kappa shape index (κ3) is 5730. The normalized spacial score (nSPS) is 6.00. The Morgan fingerprint density at radius 2 is 0.538 bits per heavy atom. The van der Waals surface area contributed by atoms with Crippen molar-refractivity contribution in [1.82, 2.24) is 0 Å². The van der Waals surface area contributed by atoms with Crippen molar-refractivity contribution in [3.63, 3.8) is 0 Å². The Kier molecular flexibility index (Phi) is 31.0. The van der Waals surface area contributed by atoms with Crippen LogP contribution in [0, 0.1) is 0 Å². The van der Waals surface area contributed by atoms with Crippen LogP contribution >= 0.6 is 13.5 Å². The molecular weight excluding hydrogens is 176 g/mol. The highest BCUT2D eigenvalue weighted by Crippen LogP contribution is 1.74.